The van der Waals surface area contributed by atoms with Crippen LogP contribution in [0.25, 0.3) is 0 Å². The maximum absolute atomic E-state index is 13.1. The molecule has 1 aromatic rings. The Morgan fingerprint density at radius 1 is 1.31 bits per heavy atom. The second-order valence-corrected chi connectivity index (χ2v) is 3.32. The molecule has 0 saturated carbocycles. The molecule has 1 aromatic carbocycles. The van der Waals surface area contributed by atoms with E-state index in [0.29, 0.717) is 5.92 Å². The Morgan fingerprint density at radius 2 is 2.00 bits per heavy atom. The van der Waals surface area contributed by atoms with Crippen molar-refractivity contribution in [1.82, 2.24) is 5.32 Å². The van der Waals surface area contributed by atoms with Crippen LogP contribution in [0.15, 0.2) is 24.3 Å². The summed E-state index contributed by atoms with van der Waals surface area (Å²) in [6, 6.07) is 7.03. The lowest BCUT2D eigenvalue weighted by molar-refractivity contribution is 0.343. The summed E-state index contributed by atoms with van der Waals surface area (Å²) in [6.07, 6.45) is 0.875. The molecule has 1 heterocycles. The van der Waals surface area contributed by atoms with Gasteiger partial charge in [0.15, 0.2) is 0 Å². The topological polar surface area (TPSA) is 12.0 Å². The van der Waals surface area contributed by atoms with Gasteiger partial charge in [0.1, 0.15) is 5.82 Å². The quantitative estimate of drug-likeness (QED) is 0.772. The van der Waals surface area contributed by atoms with Crippen molar-refractivity contribution in [2.45, 2.75) is 6.42 Å². The normalized spacial score (nSPS) is 16.1. The van der Waals surface area contributed by atoms with E-state index in [0.717, 1.165) is 25.1 Å². The van der Waals surface area contributed by atoms with Crippen molar-refractivity contribution in [3.8, 4) is 0 Å². The average molecular weight is 202 g/mol. The highest BCUT2D eigenvalue weighted by Crippen LogP contribution is 2.14. The zero-order valence-electron chi connectivity index (χ0n) is 7.29. The Kier molecular flexibility index (Phi) is 3.70. The molecule has 0 amide bonds. The molecule has 0 aliphatic carbocycles. The first kappa shape index (κ1) is 10.5. The number of benzene rings is 1. The van der Waals surface area contributed by atoms with Gasteiger partial charge in [-0.1, -0.05) is 18.2 Å². The van der Waals surface area contributed by atoms with Gasteiger partial charge in [-0.3, -0.25) is 0 Å². The van der Waals surface area contributed by atoms with Crippen LogP contribution in [0.5, 0.6) is 0 Å². The maximum Gasteiger partial charge on any atom is 0.126 e. The summed E-state index contributed by atoms with van der Waals surface area (Å²) in [4.78, 5) is 0. The van der Waals surface area contributed by atoms with Crippen molar-refractivity contribution in [3.63, 3.8) is 0 Å². The van der Waals surface area contributed by atoms with Crippen molar-refractivity contribution in [1.29, 1.82) is 0 Å². The first-order chi connectivity index (χ1) is 5.86. The van der Waals surface area contributed by atoms with E-state index < -0.39 is 0 Å². The van der Waals surface area contributed by atoms with Gasteiger partial charge in [0.25, 0.3) is 0 Å². The minimum Gasteiger partial charge on any atom is -0.316 e. The SMILES string of the molecule is Cl.Fc1ccccc1CC1CNC1. The van der Waals surface area contributed by atoms with E-state index in [-0.39, 0.29) is 18.2 Å². The van der Waals surface area contributed by atoms with Gasteiger partial charge in [-0.05, 0) is 37.1 Å². The molecular weight excluding hydrogens is 189 g/mol. The number of nitrogens with one attached hydrogen (secondary N) is 1. The van der Waals surface area contributed by atoms with Crippen molar-refractivity contribution in [2.24, 2.45) is 5.92 Å². The molecule has 72 valence electrons. The lowest BCUT2D eigenvalue weighted by Gasteiger charge is -2.27. The molecular formula is C10H13ClFN. The first-order valence-corrected chi connectivity index (χ1v) is 4.30. The molecule has 0 spiro atoms. The summed E-state index contributed by atoms with van der Waals surface area (Å²) in [5.74, 6) is 0.575. The summed E-state index contributed by atoms with van der Waals surface area (Å²) >= 11 is 0. The Balaban J connectivity index is 0.000000845. The molecule has 13 heavy (non-hydrogen) atoms. The van der Waals surface area contributed by atoms with E-state index >= 15 is 0 Å². The molecule has 0 bridgehead atoms. The predicted octanol–water partition coefficient (Wildman–Crippen LogP) is 2.01. The molecule has 2 rings (SSSR count). The number of rotatable bonds is 2. The minimum absolute atomic E-state index is 0. The smallest absolute Gasteiger partial charge is 0.126 e. The summed E-state index contributed by atoms with van der Waals surface area (Å²) in [6.45, 7) is 2.07. The maximum atomic E-state index is 13.1. The van der Waals surface area contributed by atoms with Crippen LogP contribution in [-0.4, -0.2) is 13.1 Å². The third-order valence-electron chi connectivity index (χ3n) is 2.33. The Bertz CT molecular complexity index is 273. The van der Waals surface area contributed by atoms with Gasteiger partial charge in [0, 0.05) is 0 Å². The second-order valence-electron chi connectivity index (χ2n) is 3.32. The van der Waals surface area contributed by atoms with Crippen LogP contribution in [0.3, 0.4) is 0 Å². The van der Waals surface area contributed by atoms with Gasteiger partial charge in [-0.2, -0.15) is 0 Å². The molecule has 0 radical (unpaired) electrons. The van der Waals surface area contributed by atoms with Gasteiger partial charge in [0.2, 0.25) is 0 Å². The van der Waals surface area contributed by atoms with E-state index in [1.54, 1.807) is 6.07 Å². The number of hydrogen-bond donors (Lipinski definition) is 1. The van der Waals surface area contributed by atoms with Gasteiger partial charge in [-0.25, -0.2) is 4.39 Å². The van der Waals surface area contributed by atoms with Crippen LogP contribution in [0.1, 0.15) is 5.56 Å². The van der Waals surface area contributed by atoms with E-state index in [1.165, 1.54) is 6.07 Å². The van der Waals surface area contributed by atoms with Crippen molar-refractivity contribution < 1.29 is 4.39 Å². The number of halogens is 2. The van der Waals surface area contributed by atoms with Crippen molar-refractivity contribution in [2.75, 3.05) is 13.1 Å². The van der Waals surface area contributed by atoms with Gasteiger partial charge in [0.05, 0.1) is 0 Å². The monoisotopic (exact) mass is 201 g/mol. The van der Waals surface area contributed by atoms with Crippen LogP contribution in [0, 0.1) is 11.7 Å². The second kappa shape index (κ2) is 4.58. The third-order valence-corrected chi connectivity index (χ3v) is 2.33. The Morgan fingerprint density at radius 3 is 2.54 bits per heavy atom. The van der Waals surface area contributed by atoms with E-state index in [4.69, 9.17) is 0 Å². The predicted molar refractivity (Wildman–Crippen MR) is 53.7 cm³/mol. The molecule has 0 atom stereocenters. The highest BCUT2D eigenvalue weighted by molar-refractivity contribution is 5.85. The largest absolute Gasteiger partial charge is 0.316 e. The molecule has 1 fully saturated rings. The van der Waals surface area contributed by atoms with Crippen LogP contribution < -0.4 is 5.32 Å². The molecule has 3 heteroatoms. The van der Waals surface area contributed by atoms with E-state index in [9.17, 15) is 4.39 Å². The van der Waals surface area contributed by atoms with E-state index in [2.05, 4.69) is 5.32 Å². The fraction of sp³-hybridized carbons (Fsp3) is 0.400. The molecule has 1 N–H and O–H groups in total. The van der Waals surface area contributed by atoms with E-state index in [1.807, 2.05) is 12.1 Å². The zero-order valence-corrected chi connectivity index (χ0v) is 8.11. The number of hydrogen-bond acceptors (Lipinski definition) is 1. The Hall–Kier alpha value is -0.600. The summed E-state index contributed by atoms with van der Waals surface area (Å²) < 4.78 is 13.1. The van der Waals surface area contributed by atoms with Crippen LogP contribution >= 0.6 is 12.4 Å². The molecule has 1 saturated heterocycles. The highest BCUT2D eigenvalue weighted by Gasteiger charge is 2.17. The molecule has 1 aliphatic heterocycles. The molecule has 1 aliphatic rings. The lowest BCUT2D eigenvalue weighted by Crippen LogP contribution is -2.43. The first-order valence-electron chi connectivity index (χ1n) is 4.30. The fourth-order valence-corrected chi connectivity index (χ4v) is 1.47. The van der Waals surface area contributed by atoms with Crippen LogP contribution in [-0.2, 0) is 6.42 Å². The van der Waals surface area contributed by atoms with Gasteiger partial charge in [-0.15, -0.1) is 12.4 Å². The summed E-state index contributed by atoms with van der Waals surface area (Å²) in [5.41, 5.74) is 0.851. The fourth-order valence-electron chi connectivity index (χ4n) is 1.47. The highest BCUT2D eigenvalue weighted by atomic mass is 35.5. The standard InChI is InChI=1S/C10H12FN.ClH/c11-10-4-2-1-3-9(10)5-8-6-12-7-8;/h1-4,8,12H,5-7H2;1H. The third kappa shape index (κ3) is 2.42. The lowest BCUT2D eigenvalue weighted by atomic mass is 9.94. The van der Waals surface area contributed by atoms with Crippen molar-refractivity contribution in [3.05, 3.63) is 35.6 Å². The molecule has 0 aromatic heterocycles. The average Bonchev–Trinajstić information content (AvgIpc) is 2.00. The summed E-state index contributed by atoms with van der Waals surface area (Å²) in [7, 11) is 0. The molecule has 0 unspecified atom stereocenters. The van der Waals surface area contributed by atoms with Crippen LogP contribution in [0.2, 0.25) is 0 Å². The molecule has 1 nitrogen and oxygen atoms in total. The Labute approximate surface area is 83.8 Å². The van der Waals surface area contributed by atoms with Crippen LogP contribution in [0.4, 0.5) is 4.39 Å². The van der Waals surface area contributed by atoms with Gasteiger partial charge >= 0.3 is 0 Å². The van der Waals surface area contributed by atoms with Crippen molar-refractivity contribution >= 4 is 12.4 Å². The minimum atomic E-state index is -0.0654. The zero-order chi connectivity index (χ0) is 8.39. The summed E-state index contributed by atoms with van der Waals surface area (Å²) in [5, 5.41) is 3.18. The van der Waals surface area contributed by atoms with Gasteiger partial charge < -0.3 is 5.32 Å².